The van der Waals surface area contributed by atoms with Crippen LogP contribution in [0.3, 0.4) is 0 Å². The maximum absolute atomic E-state index is 12.1. The molecule has 1 aliphatic heterocycles. The third-order valence-electron chi connectivity index (χ3n) is 3.01. The Morgan fingerprint density at radius 3 is 3.00 bits per heavy atom. The van der Waals surface area contributed by atoms with Gasteiger partial charge in [-0.25, -0.2) is 0 Å². The minimum Gasteiger partial charge on any atom is -0.393 e. The lowest BCUT2D eigenvalue weighted by Gasteiger charge is -2.16. The molecule has 1 aromatic rings. The Labute approximate surface area is 113 Å². The van der Waals surface area contributed by atoms with E-state index in [-0.39, 0.29) is 17.9 Å². The van der Waals surface area contributed by atoms with Gasteiger partial charge in [-0.1, -0.05) is 0 Å². The number of amides is 1. The number of aliphatic hydroxyl groups excluding tert-OH is 1. The number of aliphatic hydroxyl groups is 1. The second-order valence-corrected chi connectivity index (χ2v) is 6.99. The summed E-state index contributed by atoms with van der Waals surface area (Å²) in [6.45, 7) is 3.25. The van der Waals surface area contributed by atoms with Crippen molar-refractivity contribution in [2.75, 3.05) is 13.1 Å². The summed E-state index contributed by atoms with van der Waals surface area (Å²) in [5, 5.41) is 11.4. The summed E-state index contributed by atoms with van der Waals surface area (Å²) in [6.07, 6.45) is 0.588. The summed E-state index contributed by atoms with van der Waals surface area (Å²) < 4.78 is 1.13. The van der Waals surface area contributed by atoms with Gasteiger partial charge in [0.1, 0.15) is 0 Å². The maximum atomic E-state index is 12.1. The molecule has 0 bridgehead atoms. The van der Waals surface area contributed by atoms with Crippen LogP contribution in [0.5, 0.6) is 0 Å². The lowest BCUT2D eigenvalue weighted by molar-refractivity contribution is 0.0763. The van der Waals surface area contributed by atoms with Crippen LogP contribution in [0.25, 0.3) is 0 Å². The first-order valence-electron chi connectivity index (χ1n) is 5.29. The molecule has 2 heterocycles. The molecular formula is C11H14INO2S. The molecule has 3 nitrogen and oxygen atoms in total. The van der Waals surface area contributed by atoms with Gasteiger partial charge >= 0.3 is 0 Å². The summed E-state index contributed by atoms with van der Waals surface area (Å²) in [6, 6.07) is 1.92. The Morgan fingerprint density at radius 1 is 1.75 bits per heavy atom. The predicted octanol–water partition coefficient (Wildman–Crippen LogP) is 2.20. The van der Waals surface area contributed by atoms with Gasteiger partial charge in [-0.3, -0.25) is 4.79 Å². The van der Waals surface area contributed by atoms with E-state index in [0.717, 1.165) is 21.4 Å². The topological polar surface area (TPSA) is 40.5 Å². The van der Waals surface area contributed by atoms with E-state index in [0.29, 0.717) is 6.54 Å². The molecule has 88 valence electrons. The molecule has 0 spiro atoms. The molecule has 1 aliphatic rings. The molecule has 0 aliphatic carbocycles. The minimum atomic E-state index is -0.319. The van der Waals surface area contributed by atoms with Crippen molar-refractivity contribution in [2.24, 2.45) is 5.92 Å². The van der Waals surface area contributed by atoms with Gasteiger partial charge < -0.3 is 10.0 Å². The largest absolute Gasteiger partial charge is 0.393 e. The van der Waals surface area contributed by atoms with Crippen LogP contribution in [0.4, 0.5) is 0 Å². The molecule has 1 amide bonds. The van der Waals surface area contributed by atoms with E-state index >= 15 is 0 Å². The lowest BCUT2D eigenvalue weighted by atomic mass is 10.0. The van der Waals surface area contributed by atoms with E-state index in [1.807, 2.05) is 16.3 Å². The third kappa shape index (κ3) is 2.57. The van der Waals surface area contributed by atoms with E-state index in [1.165, 1.54) is 0 Å². The number of rotatable bonds is 2. The second kappa shape index (κ2) is 5.01. The number of carbonyl (C=O) groups is 1. The number of hydrogen-bond acceptors (Lipinski definition) is 3. The highest BCUT2D eigenvalue weighted by Crippen LogP contribution is 2.23. The van der Waals surface area contributed by atoms with E-state index in [9.17, 15) is 9.90 Å². The normalized spacial score (nSPS) is 22.4. The number of halogens is 1. The van der Waals surface area contributed by atoms with Crippen molar-refractivity contribution in [1.29, 1.82) is 0 Å². The van der Waals surface area contributed by atoms with Crippen molar-refractivity contribution in [1.82, 2.24) is 4.90 Å². The van der Waals surface area contributed by atoms with E-state index in [1.54, 1.807) is 18.3 Å². The number of thiophene rings is 1. The summed E-state index contributed by atoms with van der Waals surface area (Å²) in [4.78, 5) is 13.9. The molecular weight excluding hydrogens is 337 g/mol. The molecule has 0 radical (unpaired) electrons. The van der Waals surface area contributed by atoms with Crippen LogP contribution in [0.2, 0.25) is 0 Å². The summed E-state index contributed by atoms with van der Waals surface area (Å²) in [7, 11) is 0. The fraction of sp³-hybridized carbons (Fsp3) is 0.545. The van der Waals surface area contributed by atoms with Crippen LogP contribution in [0, 0.1) is 8.80 Å². The van der Waals surface area contributed by atoms with Gasteiger partial charge in [0.2, 0.25) is 0 Å². The molecule has 2 unspecified atom stereocenters. The number of nitrogens with zero attached hydrogens (tertiary/aromatic N) is 1. The van der Waals surface area contributed by atoms with E-state index in [2.05, 4.69) is 22.6 Å². The Bertz CT molecular complexity index is 391. The Morgan fingerprint density at radius 2 is 2.50 bits per heavy atom. The van der Waals surface area contributed by atoms with Crippen LogP contribution in [0.15, 0.2) is 11.4 Å². The summed E-state index contributed by atoms with van der Waals surface area (Å²) >= 11 is 3.81. The van der Waals surface area contributed by atoms with Gasteiger partial charge in [0.05, 0.1) is 14.6 Å². The van der Waals surface area contributed by atoms with Gasteiger partial charge in [0.25, 0.3) is 5.91 Å². The fourth-order valence-electron chi connectivity index (χ4n) is 1.97. The van der Waals surface area contributed by atoms with Crippen LogP contribution in [0.1, 0.15) is 23.7 Å². The molecule has 1 saturated heterocycles. The van der Waals surface area contributed by atoms with Crippen molar-refractivity contribution >= 4 is 39.8 Å². The zero-order valence-electron chi connectivity index (χ0n) is 9.02. The zero-order chi connectivity index (χ0) is 11.7. The van der Waals surface area contributed by atoms with Crippen LogP contribution in [-0.4, -0.2) is 35.1 Å². The van der Waals surface area contributed by atoms with Crippen LogP contribution >= 0.6 is 33.9 Å². The zero-order valence-corrected chi connectivity index (χ0v) is 12.0. The van der Waals surface area contributed by atoms with Crippen LogP contribution in [-0.2, 0) is 0 Å². The average molecular weight is 351 g/mol. The highest BCUT2D eigenvalue weighted by Gasteiger charge is 2.29. The lowest BCUT2D eigenvalue weighted by Crippen LogP contribution is -2.30. The first-order chi connectivity index (χ1) is 7.58. The highest BCUT2D eigenvalue weighted by atomic mass is 127. The van der Waals surface area contributed by atoms with Crippen LogP contribution < -0.4 is 0 Å². The molecule has 1 N–H and O–H groups in total. The quantitative estimate of drug-likeness (QED) is 0.830. The number of carbonyl (C=O) groups excluding carboxylic acids is 1. The Kier molecular flexibility index (Phi) is 3.86. The molecule has 2 atom stereocenters. The fourth-order valence-corrected chi connectivity index (χ4v) is 3.29. The van der Waals surface area contributed by atoms with Crippen molar-refractivity contribution in [2.45, 2.75) is 19.4 Å². The highest BCUT2D eigenvalue weighted by molar-refractivity contribution is 14.1. The monoisotopic (exact) mass is 351 g/mol. The molecule has 2 rings (SSSR count). The van der Waals surface area contributed by atoms with Gasteiger partial charge in [0.15, 0.2) is 0 Å². The standard InChI is InChI=1S/C11H14INO2S/c1-7(14)8-2-3-13(5-8)11(15)9-4-10(12)16-6-9/h4,6-8,14H,2-3,5H2,1H3. The second-order valence-electron chi connectivity index (χ2n) is 4.18. The SMILES string of the molecule is CC(O)C1CCN(C(=O)c2csc(I)c2)C1. The minimum absolute atomic E-state index is 0.0994. The predicted molar refractivity (Wildman–Crippen MR) is 72.7 cm³/mol. The smallest absolute Gasteiger partial charge is 0.254 e. The van der Waals surface area contributed by atoms with Gasteiger partial charge in [-0.05, 0) is 42.0 Å². The Hall–Kier alpha value is -0.140. The molecule has 0 aromatic carbocycles. The van der Waals surface area contributed by atoms with Crippen molar-refractivity contribution in [3.05, 3.63) is 19.9 Å². The summed E-state index contributed by atoms with van der Waals surface area (Å²) in [5.74, 6) is 0.337. The molecule has 1 aromatic heterocycles. The third-order valence-corrected chi connectivity index (χ3v) is 4.80. The first-order valence-corrected chi connectivity index (χ1v) is 7.25. The van der Waals surface area contributed by atoms with Crippen molar-refractivity contribution in [3.8, 4) is 0 Å². The maximum Gasteiger partial charge on any atom is 0.254 e. The van der Waals surface area contributed by atoms with E-state index in [4.69, 9.17) is 0 Å². The molecule has 0 saturated carbocycles. The average Bonchev–Trinajstić information content (AvgIpc) is 2.84. The molecule has 16 heavy (non-hydrogen) atoms. The van der Waals surface area contributed by atoms with Gasteiger partial charge in [-0.2, -0.15) is 0 Å². The summed E-state index contributed by atoms with van der Waals surface area (Å²) in [5.41, 5.74) is 0.778. The van der Waals surface area contributed by atoms with E-state index < -0.39 is 0 Å². The molecule has 1 fully saturated rings. The van der Waals surface area contributed by atoms with Crippen molar-refractivity contribution in [3.63, 3.8) is 0 Å². The van der Waals surface area contributed by atoms with Gasteiger partial charge in [-0.15, -0.1) is 11.3 Å². The van der Waals surface area contributed by atoms with Gasteiger partial charge in [0, 0.05) is 24.4 Å². The molecule has 5 heteroatoms. The Balaban J connectivity index is 2.02. The number of hydrogen-bond donors (Lipinski definition) is 1. The van der Waals surface area contributed by atoms with Crippen molar-refractivity contribution < 1.29 is 9.90 Å². The number of likely N-dealkylation sites (tertiary alicyclic amines) is 1. The first kappa shape index (κ1) is 12.3.